The van der Waals surface area contributed by atoms with Crippen molar-refractivity contribution in [3.63, 3.8) is 0 Å². The zero-order valence-corrected chi connectivity index (χ0v) is 7.43. The molecule has 0 aromatic rings. The Morgan fingerprint density at radius 3 is 2.40 bits per heavy atom. The average Bonchev–Trinajstić information content (AvgIpc) is 1.87. The lowest BCUT2D eigenvalue weighted by molar-refractivity contribution is 0.326. The summed E-state index contributed by atoms with van der Waals surface area (Å²) in [5, 5.41) is 0. The minimum atomic E-state index is 0.679. The molecule has 2 N–H and O–H groups in total. The Kier molecular flexibility index (Phi) is 5.64. The molecular formula is C8H20N2. The Balaban J connectivity index is 3.03. The van der Waals surface area contributed by atoms with E-state index < -0.39 is 0 Å². The lowest BCUT2D eigenvalue weighted by Gasteiger charge is -2.13. The fourth-order valence-corrected chi connectivity index (χ4v) is 0.861. The summed E-state index contributed by atoms with van der Waals surface area (Å²) in [6.45, 7) is 6.32. The number of hydrogen-bond acceptors (Lipinski definition) is 2. The van der Waals surface area contributed by atoms with Crippen LogP contribution in [-0.4, -0.2) is 25.2 Å². The molecular weight excluding hydrogens is 124 g/mol. The van der Waals surface area contributed by atoms with E-state index >= 15 is 0 Å². The predicted octanol–water partition coefficient (Wildman–Crippen LogP) is 1.27. The van der Waals surface area contributed by atoms with Crippen molar-refractivity contribution in [3.05, 3.63) is 0 Å². The van der Waals surface area contributed by atoms with Crippen molar-refractivity contribution in [3.8, 4) is 0 Å². The van der Waals surface area contributed by atoms with E-state index in [2.05, 4.69) is 25.8 Å². The lowest BCUT2D eigenvalue weighted by Crippen LogP contribution is -2.26. The highest BCUT2D eigenvalue weighted by atomic mass is 15.1. The summed E-state index contributed by atoms with van der Waals surface area (Å²) in [6, 6.07) is 0. The van der Waals surface area contributed by atoms with Crippen molar-refractivity contribution >= 4 is 0 Å². The van der Waals surface area contributed by atoms with Crippen molar-refractivity contribution in [1.29, 1.82) is 0 Å². The Bertz CT molecular complexity index is 71.7. The largest absolute Gasteiger partial charge is 0.318 e. The third kappa shape index (κ3) is 6.05. The van der Waals surface area contributed by atoms with E-state index in [9.17, 15) is 0 Å². The monoisotopic (exact) mass is 144 g/mol. The van der Waals surface area contributed by atoms with Gasteiger partial charge in [0.2, 0.25) is 0 Å². The molecule has 2 heteroatoms. The van der Waals surface area contributed by atoms with Gasteiger partial charge in [0.1, 0.15) is 0 Å². The van der Waals surface area contributed by atoms with Gasteiger partial charge in [0.25, 0.3) is 0 Å². The Labute approximate surface area is 64.4 Å². The summed E-state index contributed by atoms with van der Waals surface area (Å²) in [6.07, 6.45) is 2.58. The van der Waals surface area contributed by atoms with Gasteiger partial charge in [-0.25, -0.2) is 0 Å². The molecule has 0 aromatic heterocycles. The van der Waals surface area contributed by atoms with Gasteiger partial charge in [0.15, 0.2) is 0 Å². The van der Waals surface area contributed by atoms with Crippen LogP contribution in [0.2, 0.25) is 0 Å². The molecule has 0 bridgehead atoms. The first-order chi connectivity index (χ1) is 4.66. The van der Waals surface area contributed by atoms with E-state index in [1.165, 1.54) is 12.8 Å². The molecule has 10 heavy (non-hydrogen) atoms. The number of rotatable bonds is 5. The molecule has 0 fully saturated rings. The minimum Gasteiger partial charge on any atom is -0.318 e. The Morgan fingerprint density at radius 1 is 1.40 bits per heavy atom. The van der Waals surface area contributed by atoms with Crippen molar-refractivity contribution in [1.82, 2.24) is 4.90 Å². The molecule has 0 heterocycles. The third-order valence-electron chi connectivity index (χ3n) is 1.63. The molecule has 0 rings (SSSR count). The van der Waals surface area contributed by atoms with Crippen molar-refractivity contribution in [2.45, 2.75) is 26.7 Å². The molecule has 0 aliphatic heterocycles. The van der Waals surface area contributed by atoms with Crippen LogP contribution < -0.4 is 5.73 Å². The van der Waals surface area contributed by atoms with Crippen LogP contribution in [0.1, 0.15) is 26.7 Å². The highest BCUT2D eigenvalue weighted by Gasteiger charge is 1.96. The highest BCUT2D eigenvalue weighted by molar-refractivity contribution is 4.50. The van der Waals surface area contributed by atoms with E-state index in [1.54, 1.807) is 0 Å². The zero-order chi connectivity index (χ0) is 7.98. The first-order valence-electron chi connectivity index (χ1n) is 4.05. The number of hydrogen-bond donors (Lipinski definition) is 1. The molecule has 0 amide bonds. The van der Waals surface area contributed by atoms with Gasteiger partial charge in [-0.05, 0) is 32.4 Å². The lowest BCUT2D eigenvalue weighted by atomic mass is 10.1. The summed E-state index contributed by atoms with van der Waals surface area (Å²) in [5.74, 6) is 0.825. The second kappa shape index (κ2) is 5.69. The average molecular weight is 144 g/mol. The quantitative estimate of drug-likeness (QED) is 0.589. The van der Waals surface area contributed by atoms with Crippen LogP contribution >= 0.6 is 0 Å². The van der Waals surface area contributed by atoms with E-state index in [-0.39, 0.29) is 0 Å². The van der Waals surface area contributed by atoms with Gasteiger partial charge in [-0.15, -0.1) is 0 Å². The smallest absolute Gasteiger partial charge is 0.0452 e. The molecule has 0 spiro atoms. The van der Waals surface area contributed by atoms with Crippen LogP contribution in [0, 0.1) is 5.92 Å². The van der Waals surface area contributed by atoms with Crippen LogP contribution in [-0.2, 0) is 0 Å². The molecule has 62 valence electrons. The normalized spacial score (nSPS) is 11.4. The van der Waals surface area contributed by atoms with Gasteiger partial charge in [0, 0.05) is 6.67 Å². The van der Waals surface area contributed by atoms with E-state index in [0.717, 1.165) is 12.5 Å². The van der Waals surface area contributed by atoms with Gasteiger partial charge in [-0.3, -0.25) is 4.90 Å². The molecule has 0 radical (unpaired) electrons. The van der Waals surface area contributed by atoms with Gasteiger partial charge in [-0.1, -0.05) is 13.8 Å². The van der Waals surface area contributed by atoms with Crippen LogP contribution in [0.15, 0.2) is 0 Å². The van der Waals surface area contributed by atoms with Crippen LogP contribution in [0.3, 0.4) is 0 Å². The molecule has 0 aliphatic rings. The van der Waals surface area contributed by atoms with Crippen LogP contribution in [0.4, 0.5) is 0 Å². The molecule has 0 unspecified atom stereocenters. The summed E-state index contributed by atoms with van der Waals surface area (Å²) in [7, 11) is 2.06. The molecule has 0 saturated heterocycles. The summed E-state index contributed by atoms with van der Waals surface area (Å²) >= 11 is 0. The van der Waals surface area contributed by atoms with E-state index in [4.69, 9.17) is 5.73 Å². The summed E-state index contributed by atoms with van der Waals surface area (Å²) in [5.41, 5.74) is 5.41. The van der Waals surface area contributed by atoms with E-state index in [0.29, 0.717) is 6.67 Å². The van der Waals surface area contributed by atoms with Crippen LogP contribution in [0.25, 0.3) is 0 Å². The van der Waals surface area contributed by atoms with Crippen molar-refractivity contribution in [2.75, 3.05) is 20.3 Å². The fourth-order valence-electron chi connectivity index (χ4n) is 0.861. The van der Waals surface area contributed by atoms with Crippen LogP contribution in [0.5, 0.6) is 0 Å². The second-order valence-electron chi connectivity index (χ2n) is 3.30. The fraction of sp³-hybridized carbons (Fsp3) is 1.00. The maximum atomic E-state index is 5.41. The molecule has 2 nitrogen and oxygen atoms in total. The highest BCUT2D eigenvalue weighted by Crippen LogP contribution is 2.03. The zero-order valence-electron chi connectivity index (χ0n) is 7.43. The Morgan fingerprint density at radius 2 is 2.00 bits per heavy atom. The predicted molar refractivity (Wildman–Crippen MR) is 45.8 cm³/mol. The Hall–Kier alpha value is -0.0800. The number of nitrogens with zero attached hydrogens (tertiary/aromatic N) is 1. The number of nitrogens with two attached hydrogens (primary N) is 1. The first kappa shape index (κ1) is 9.92. The SMILES string of the molecule is CC(C)CCCN(C)CN. The summed E-state index contributed by atoms with van der Waals surface area (Å²) in [4.78, 5) is 2.14. The van der Waals surface area contributed by atoms with Gasteiger partial charge < -0.3 is 5.73 Å². The summed E-state index contributed by atoms with van der Waals surface area (Å²) < 4.78 is 0. The first-order valence-corrected chi connectivity index (χ1v) is 4.05. The van der Waals surface area contributed by atoms with Gasteiger partial charge in [0.05, 0.1) is 0 Å². The molecule has 0 aromatic carbocycles. The molecule has 0 atom stereocenters. The standard InChI is InChI=1S/C8H20N2/c1-8(2)5-4-6-10(3)7-9/h8H,4-7,9H2,1-3H3. The maximum absolute atomic E-state index is 5.41. The topological polar surface area (TPSA) is 29.3 Å². The van der Waals surface area contributed by atoms with Crippen molar-refractivity contribution < 1.29 is 0 Å². The van der Waals surface area contributed by atoms with Crippen molar-refractivity contribution in [2.24, 2.45) is 11.7 Å². The van der Waals surface area contributed by atoms with Gasteiger partial charge >= 0.3 is 0 Å². The second-order valence-corrected chi connectivity index (χ2v) is 3.30. The maximum Gasteiger partial charge on any atom is 0.0452 e. The van der Waals surface area contributed by atoms with E-state index in [1.807, 2.05) is 0 Å². The van der Waals surface area contributed by atoms with Gasteiger partial charge in [-0.2, -0.15) is 0 Å². The molecule has 0 saturated carbocycles. The minimum absolute atomic E-state index is 0.679. The third-order valence-corrected chi connectivity index (χ3v) is 1.63. The molecule has 0 aliphatic carbocycles.